The van der Waals surface area contributed by atoms with Gasteiger partial charge in [0.15, 0.2) is 0 Å². The number of nitrogens with zero attached hydrogens (tertiary/aromatic N) is 1. The van der Waals surface area contributed by atoms with E-state index in [0.717, 1.165) is 6.29 Å². The van der Waals surface area contributed by atoms with Gasteiger partial charge in [-0.25, -0.2) is 4.79 Å². The summed E-state index contributed by atoms with van der Waals surface area (Å²) in [5, 5.41) is 0. The summed E-state index contributed by atoms with van der Waals surface area (Å²) in [6.07, 6.45) is 2.13. The molecular formula is C10H15NO3. The van der Waals surface area contributed by atoms with E-state index in [9.17, 15) is 9.59 Å². The van der Waals surface area contributed by atoms with E-state index in [0.29, 0.717) is 18.7 Å². The fourth-order valence-corrected chi connectivity index (χ4v) is 1.13. The molecular weight excluding hydrogens is 182 g/mol. The van der Waals surface area contributed by atoms with Crippen LogP contribution in [0.3, 0.4) is 0 Å². The van der Waals surface area contributed by atoms with Gasteiger partial charge in [-0.3, -0.25) is 4.79 Å². The predicted octanol–water partition coefficient (Wildman–Crippen LogP) is 1.36. The Bertz CT molecular complexity index is 276. The van der Waals surface area contributed by atoms with E-state index >= 15 is 0 Å². The number of aldehydes is 1. The number of hydrogen-bond acceptors (Lipinski definition) is 3. The average Bonchev–Trinajstić information content (AvgIpc) is 2.48. The van der Waals surface area contributed by atoms with Crippen LogP contribution in [0.1, 0.15) is 20.8 Å². The molecule has 1 amide bonds. The molecule has 14 heavy (non-hydrogen) atoms. The Hall–Kier alpha value is -1.32. The van der Waals surface area contributed by atoms with Crippen molar-refractivity contribution < 1.29 is 14.3 Å². The van der Waals surface area contributed by atoms with Gasteiger partial charge in [0.2, 0.25) is 0 Å². The van der Waals surface area contributed by atoms with Crippen molar-refractivity contribution >= 4 is 12.4 Å². The van der Waals surface area contributed by atoms with E-state index in [1.165, 1.54) is 4.90 Å². The van der Waals surface area contributed by atoms with Crippen LogP contribution in [-0.2, 0) is 9.53 Å². The first kappa shape index (κ1) is 10.8. The molecule has 0 aromatic heterocycles. The van der Waals surface area contributed by atoms with Crippen LogP contribution in [0, 0.1) is 0 Å². The summed E-state index contributed by atoms with van der Waals surface area (Å²) in [4.78, 5) is 23.4. The Kier molecular flexibility index (Phi) is 2.93. The van der Waals surface area contributed by atoms with Crippen LogP contribution in [0.2, 0.25) is 0 Å². The first-order valence-corrected chi connectivity index (χ1v) is 4.54. The van der Waals surface area contributed by atoms with Gasteiger partial charge >= 0.3 is 6.09 Å². The highest BCUT2D eigenvalue weighted by Crippen LogP contribution is 2.13. The van der Waals surface area contributed by atoms with Gasteiger partial charge in [-0.15, -0.1) is 0 Å². The summed E-state index contributed by atoms with van der Waals surface area (Å²) in [5.41, 5.74) is 0.150. The zero-order valence-electron chi connectivity index (χ0n) is 8.74. The van der Waals surface area contributed by atoms with Gasteiger partial charge in [0.05, 0.1) is 6.54 Å². The van der Waals surface area contributed by atoms with Gasteiger partial charge in [-0.1, -0.05) is 6.08 Å². The average molecular weight is 197 g/mol. The highest BCUT2D eigenvalue weighted by atomic mass is 16.6. The Morgan fingerprint density at radius 1 is 1.57 bits per heavy atom. The molecule has 0 aromatic carbocycles. The van der Waals surface area contributed by atoms with Gasteiger partial charge in [-0.05, 0) is 20.8 Å². The number of rotatable bonds is 1. The second-order valence-electron chi connectivity index (χ2n) is 4.26. The van der Waals surface area contributed by atoms with Crippen molar-refractivity contribution in [3.63, 3.8) is 0 Å². The quantitative estimate of drug-likeness (QED) is 0.596. The number of hydrogen-bond donors (Lipinski definition) is 0. The SMILES string of the molecule is CC(C)(C)OC(=O)N1CC=C(C=O)C1. The minimum absolute atomic E-state index is 0.360. The number of ether oxygens (including phenoxy) is 1. The largest absolute Gasteiger partial charge is 0.444 e. The molecule has 0 aliphatic carbocycles. The first-order valence-electron chi connectivity index (χ1n) is 4.54. The Morgan fingerprint density at radius 2 is 2.21 bits per heavy atom. The van der Waals surface area contributed by atoms with Gasteiger partial charge < -0.3 is 9.64 Å². The minimum atomic E-state index is -0.485. The molecule has 0 bridgehead atoms. The molecule has 4 heteroatoms. The Labute approximate surface area is 83.5 Å². The summed E-state index contributed by atoms with van der Waals surface area (Å²) in [6.45, 7) is 6.26. The standard InChI is InChI=1S/C10H15NO3/c1-10(2,3)14-9(13)11-5-4-8(6-11)7-12/h4,7H,5-6H2,1-3H3. The molecule has 1 aliphatic rings. The second-order valence-corrected chi connectivity index (χ2v) is 4.26. The van der Waals surface area contributed by atoms with Gasteiger partial charge in [0, 0.05) is 12.1 Å². The summed E-state index contributed by atoms with van der Waals surface area (Å²) in [6, 6.07) is 0. The minimum Gasteiger partial charge on any atom is -0.444 e. The van der Waals surface area contributed by atoms with E-state index < -0.39 is 5.60 Å². The predicted molar refractivity (Wildman–Crippen MR) is 52.0 cm³/mol. The molecule has 1 rings (SSSR count). The maximum Gasteiger partial charge on any atom is 0.410 e. The van der Waals surface area contributed by atoms with Crippen molar-refractivity contribution in [2.24, 2.45) is 0 Å². The van der Waals surface area contributed by atoms with E-state index in [4.69, 9.17) is 4.74 Å². The lowest BCUT2D eigenvalue weighted by molar-refractivity contribution is -0.105. The number of amides is 1. The van der Waals surface area contributed by atoms with Crippen LogP contribution in [-0.4, -0.2) is 36.0 Å². The van der Waals surface area contributed by atoms with Crippen LogP contribution in [0.15, 0.2) is 11.6 Å². The van der Waals surface area contributed by atoms with E-state index in [2.05, 4.69) is 0 Å². The van der Waals surface area contributed by atoms with Crippen molar-refractivity contribution in [2.75, 3.05) is 13.1 Å². The zero-order chi connectivity index (χ0) is 10.8. The molecule has 1 heterocycles. The van der Waals surface area contributed by atoms with Crippen molar-refractivity contribution in [3.8, 4) is 0 Å². The van der Waals surface area contributed by atoms with Crippen molar-refractivity contribution in [2.45, 2.75) is 26.4 Å². The molecule has 1 aliphatic heterocycles. The molecule has 0 spiro atoms. The molecule has 4 nitrogen and oxygen atoms in total. The lowest BCUT2D eigenvalue weighted by Gasteiger charge is -2.24. The van der Waals surface area contributed by atoms with Crippen LogP contribution >= 0.6 is 0 Å². The normalized spacial score (nSPS) is 16.5. The van der Waals surface area contributed by atoms with Crippen LogP contribution in [0.25, 0.3) is 0 Å². The maximum absolute atomic E-state index is 11.5. The maximum atomic E-state index is 11.5. The fraction of sp³-hybridized carbons (Fsp3) is 0.600. The molecule has 78 valence electrons. The third-order valence-corrected chi connectivity index (χ3v) is 1.75. The molecule has 0 atom stereocenters. The van der Waals surface area contributed by atoms with E-state index in [-0.39, 0.29) is 6.09 Å². The molecule has 0 radical (unpaired) electrons. The Balaban J connectivity index is 2.46. The summed E-state index contributed by atoms with van der Waals surface area (Å²) < 4.78 is 5.15. The topological polar surface area (TPSA) is 46.6 Å². The number of carbonyl (C=O) groups is 2. The van der Waals surface area contributed by atoms with Gasteiger partial charge in [-0.2, -0.15) is 0 Å². The summed E-state index contributed by atoms with van der Waals surface area (Å²) in [7, 11) is 0. The second kappa shape index (κ2) is 3.82. The van der Waals surface area contributed by atoms with Crippen LogP contribution < -0.4 is 0 Å². The Morgan fingerprint density at radius 3 is 2.64 bits per heavy atom. The van der Waals surface area contributed by atoms with Crippen molar-refractivity contribution in [1.82, 2.24) is 4.90 Å². The molecule has 0 unspecified atom stereocenters. The van der Waals surface area contributed by atoms with Crippen LogP contribution in [0.5, 0.6) is 0 Å². The highest BCUT2D eigenvalue weighted by Gasteiger charge is 2.24. The molecule has 0 saturated carbocycles. The highest BCUT2D eigenvalue weighted by molar-refractivity contribution is 5.78. The third-order valence-electron chi connectivity index (χ3n) is 1.75. The molecule has 0 aromatic rings. The summed E-state index contributed by atoms with van der Waals surface area (Å²) in [5.74, 6) is 0. The summed E-state index contributed by atoms with van der Waals surface area (Å²) >= 11 is 0. The van der Waals surface area contributed by atoms with Crippen LogP contribution in [0.4, 0.5) is 4.79 Å². The zero-order valence-corrected chi connectivity index (χ0v) is 8.74. The molecule has 0 N–H and O–H groups in total. The lowest BCUT2D eigenvalue weighted by Crippen LogP contribution is -2.35. The fourth-order valence-electron chi connectivity index (χ4n) is 1.13. The van der Waals surface area contributed by atoms with Crippen molar-refractivity contribution in [1.29, 1.82) is 0 Å². The monoisotopic (exact) mass is 197 g/mol. The first-order chi connectivity index (χ1) is 6.42. The number of carbonyl (C=O) groups excluding carboxylic acids is 2. The van der Waals surface area contributed by atoms with E-state index in [1.54, 1.807) is 6.08 Å². The molecule has 0 fully saturated rings. The molecule has 0 saturated heterocycles. The van der Waals surface area contributed by atoms with Gasteiger partial charge in [0.25, 0.3) is 0 Å². The van der Waals surface area contributed by atoms with Crippen molar-refractivity contribution in [3.05, 3.63) is 11.6 Å². The lowest BCUT2D eigenvalue weighted by atomic mass is 10.2. The van der Waals surface area contributed by atoms with E-state index in [1.807, 2.05) is 20.8 Å². The third kappa shape index (κ3) is 2.87. The smallest absolute Gasteiger partial charge is 0.410 e. The van der Waals surface area contributed by atoms with Gasteiger partial charge in [0.1, 0.15) is 11.9 Å².